The zero-order valence-electron chi connectivity index (χ0n) is 19.5. The minimum Gasteiger partial charge on any atom is -0.370 e. The molecule has 0 bridgehead atoms. The van der Waals surface area contributed by atoms with Gasteiger partial charge in [-0.15, -0.1) is 0 Å². The van der Waals surface area contributed by atoms with Crippen molar-refractivity contribution in [2.45, 2.75) is 23.1 Å². The molecular weight excluding hydrogens is 527 g/mol. The van der Waals surface area contributed by atoms with E-state index in [9.17, 15) is 21.2 Å². The SMILES string of the molecule is Cc1ccc(F)cc1S(=O)(=O)N(Cl)c1ccc(N2CCCNCC2)cc1NS(=O)(=O)c1ccccc1. The van der Waals surface area contributed by atoms with Crippen LogP contribution in [0.5, 0.6) is 0 Å². The number of benzene rings is 3. The van der Waals surface area contributed by atoms with Crippen molar-refractivity contribution in [3.05, 3.63) is 78.1 Å². The van der Waals surface area contributed by atoms with E-state index in [1.807, 2.05) is 0 Å². The molecule has 3 aromatic carbocycles. The lowest BCUT2D eigenvalue weighted by Gasteiger charge is -2.26. The average molecular weight is 553 g/mol. The number of hydrogen-bond donors (Lipinski definition) is 2. The van der Waals surface area contributed by atoms with Crippen LogP contribution < -0.4 is 18.8 Å². The Balaban J connectivity index is 1.80. The van der Waals surface area contributed by atoms with Crippen LogP contribution in [-0.4, -0.2) is 43.0 Å². The highest BCUT2D eigenvalue weighted by molar-refractivity contribution is 7.94. The molecule has 0 atom stereocenters. The maximum Gasteiger partial charge on any atom is 0.278 e. The largest absolute Gasteiger partial charge is 0.370 e. The van der Waals surface area contributed by atoms with Crippen LogP contribution in [0.1, 0.15) is 12.0 Å². The van der Waals surface area contributed by atoms with Gasteiger partial charge in [-0.1, -0.05) is 24.3 Å². The molecule has 0 spiro atoms. The monoisotopic (exact) mass is 552 g/mol. The first-order valence-electron chi connectivity index (χ1n) is 11.2. The van der Waals surface area contributed by atoms with Gasteiger partial charge in [-0.25, -0.2) is 12.8 Å². The van der Waals surface area contributed by atoms with Gasteiger partial charge < -0.3 is 10.2 Å². The lowest BCUT2D eigenvalue weighted by atomic mass is 10.2. The molecule has 1 saturated heterocycles. The Kier molecular flexibility index (Phi) is 7.74. The van der Waals surface area contributed by atoms with Crippen LogP contribution >= 0.6 is 11.8 Å². The second-order valence-corrected chi connectivity index (χ2v) is 12.3. The molecular formula is C24H26ClFN4O4S2. The van der Waals surface area contributed by atoms with E-state index in [1.165, 1.54) is 31.2 Å². The third-order valence-corrected chi connectivity index (χ3v) is 9.53. The number of rotatable bonds is 7. The van der Waals surface area contributed by atoms with E-state index in [-0.39, 0.29) is 21.2 Å². The van der Waals surface area contributed by atoms with Crippen molar-refractivity contribution in [1.29, 1.82) is 0 Å². The standard InChI is InChI=1S/C24H26ClFN4O4S2/c1-18-8-9-19(26)16-24(18)36(33,34)30(25)23-11-10-20(29-14-5-12-27-13-15-29)17-22(23)28-35(31,32)21-6-3-2-4-7-21/h2-4,6-11,16-17,27-28H,5,12-15H2,1H3. The van der Waals surface area contributed by atoms with Gasteiger partial charge in [0.2, 0.25) is 0 Å². The minimum absolute atomic E-state index is 0.00489. The lowest BCUT2D eigenvalue weighted by molar-refractivity contribution is 0.591. The van der Waals surface area contributed by atoms with E-state index in [0.717, 1.165) is 38.2 Å². The lowest BCUT2D eigenvalue weighted by Crippen LogP contribution is -2.28. The zero-order valence-corrected chi connectivity index (χ0v) is 21.9. The number of sulfonamides is 2. The van der Waals surface area contributed by atoms with Crippen molar-refractivity contribution in [3.63, 3.8) is 0 Å². The summed E-state index contributed by atoms with van der Waals surface area (Å²) in [5, 5.41) is 3.31. The highest BCUT2D eigenvalue weighted by Crippen LogP contribution is 2.37. The van der Waals surface area contributed by atoms with E-state index in [2.05, 4.69) is 14.9 Å². The van der Waals surface area contributed by atoms with Crippen LogP contribution in [0.3, 0.4) is 0 Å². The summed E-state index contributed by atoms with van der Waals surface area (Å²) in [6.07, 6.45) is 0.891. The molecule has 12 heteroatoms. The molecule has 1 aliphatic rings. The molecule has 0 aliphatic carbocycles. The van der Waals surface area contributed by atoms with Gasteiger partial charge in [-0.2, -0.15) is 12.2 Å². The average Bonchev–Trinajstić information content (AvgIpc) is 3.15. The highest BCUT2D eigenvalue weighted by Gasteiger charge is 2.29. The summed E-state index contributed by atoms with van der Waals surface area (Å²) in [6, 6.07) is 15.8. The van der Waals surface area contributed by atoms with Gasteiger partial charge in [0.05, 0.1) is 21.2 Å². The number of hydrogen-bond acceptors (Lipinski definition) is 6. The van der Waals surface area contributed by atoms with Crippen molar-refractivity contribution < 1.29 is 21.2 Å². The molecule has 36 heavy (non-hydrogen) atoms. The fourth-order valence-corrected chi connectivity index (χ4v) is 6.71. The molecule has 192 valence electrons. The molecule has 3 aromatic rings. The van der Waals surface area contributed by atoms with E-state index < -0.39 is 25.9 Å². The summed E-state index contributed by atoms with van der Waals surface area (Å²) in [6.45, 7) is 4.56. The van der Waals surface area contributed by atoms with Crippen LogP contribution in [-0.2, 0) is 20.0 Å². The van der Waals surface area contributed by atoms with Gasteiger partial charge in [-0.05, 0) is 67.9 Å². The van der Waals surface area contributed by atoms with Crippen LogP contribution in [0.15, 0.2) is 76.5 Å². The molecule has 0 radical (unpaired) electrons. The van der Waals surface area contributed by atoms with Gasteiger partial charge in [0.25, 0.3) is 20.0 Å². The smallest absolute Gasteiger partial charge is 0.278 e. The van der Waals surface area contributed by atoms with Crippen LogP contribution in [0.25, 0.3) is 0 Å². The molecule has 0 amide bonds. The summed E-state index contributed by atoms with van der Waals surface area (Å²) < 4.78 is 69.8. The van der Waals surface area contributed by atoms with E-state index in [0.29, 0.717) is 21.6 Å². The predicted octanol–water partition coefficient (Wildman–Crippen LogP) is 4.08. The Hall–Kier alpha value is -2.86. The predicted molar refractivity (Wildman–Crippen MR) is 140 cm³/mol. The number of aryl methyl sites for hydroxylation is 1. The third kappa shape index (κ3) is 5.59. The number of nitrogens with one attached hydrogen (secondary N) is 2. The number of halogens is 2. The van der Waals surface area contributed by atoms with Gasteiger partial charge in [0, 0.05) is 37.1 Å². The second kappa shape index (κ2) is 10.6. The van der Waals surface area contributed by atoms with Crippen molar-refractivity contribution >= 4 is 48.9 Å². The number of anilines is 3. The Morgan fingerprint density at radius 1 is 0.972 bits per heavy atom. The summed E-state index contributed by atoms with van der Waals surface area (Å²) in [5.74, 6) is -0.737. The first-order valence-corrected chi connectivity index (χ1v) is 14.5. The van der Waals surface area contributed by atoms with Gasteiger partial charge in [0.15, 0.2) is 0 Å². The highest BCUT2D eigenvalue weighted by atomic mass is 35.5. The van der Waals surface area contributed by atoms with E-state index in [1.54, 1.807) is 30.3 Å². The Morgan fingerprint density at radius 3 is 2.47 bits per heavy atom. The van der Waals surface area contributed by atoms with Crippen LogP contribution in [0.4, 0.5) is 21.5 Å². The maximum atomic E-state index is 13.9. The fraction of sp³-hybridized carbons (Fsp3) is 0.250. The molecule has 8 nitrogen and oxygen atoms in total. The van der Waals surface area contributed by atoms with Crippen molar-refractivity contribution in [2.75, 3.05) is 39.6 Å². The molecule has 1 aliphatic heterocycles. The third-order valence-electron chi connectivity index (χ3n) is 5.81. The minimum atomic E-state index is -4.43. The Morgan fingerprint density at radius 2 is 1.72 bits per heavy atom. The molecule has 1 heterocycles. The summed E-state index contributed by atoms with van der Waals surface area (Å²) >= 11 is 6.37. The van der Waals surface area contributed by atoms with Crippen molar-refractivity contribution in [2.24, 2.45) is 0 Å². The van der Waals surface area contributed by atoms with Gasteiger partial charge >= 0.3 is 0 Å². The first kappa shape index (κ1) is 26.2. The molecule has 0 unspecified atom stereocenters. The van der Waals surface area contributed by atoms with Crippen LogP contribution in [0.2, 0.25) is 0 Å². The summed E-state index contributed by atoms with van der Waals surface area (Å²) in [5.41, 5.74) is 0.859. The summed E-state index contributed by atoms with van der Waals surface area (Å²) in [7, 11) is -8.50. The summed E-state index contributed by atoms with van der Waals surface area (Å²) in [4.78, 5) is 1.76. The van der Waals surface area contributed by atoms with Crippen LogP contribution in [0, 0.1) is 12.7 Å². The quantitative estimate of drug-likeness (QED) is 0.429. The van der Waals surface area contributed by atoms with Gasteiger partial charge in [0.1, 0.15) is 5.82 Å². The van der Waals surface area contributed by atoms with E-state index >= 15 is 0 Å². The molecule has 4 rings (SSSR count). The second-order valence-electron chi connectivity index (χ2n) is 8.34. The first-order chi connectivity index (χ1) is 17.1. The Labute approximate surface area is 215 Å². The number of nitrogens with zero attached hydrogens (tertiary/aromatic N) is 2. The molecule has 0 aromatic heterocycles. The van der Waals surface area contributed by atoms with Gasteiger partial charge in [-0.3, -0.25) is 4.72 Å². The fourth-order valence-electron chi connectivity index (χ4n) is 3.93. The van der Waals surface area contributed by atoms with E-state index in [4.69, 9.17) is 11.8 Å². The normalized spacial score (nSPS) is 14.8. The molecule has 0 saturated carbocycles. The maximum absolute atomic E-state index is 13.9. The Bertz CT molecular complexity index is 1450. The molecule has 2 N–H and O–H groups in total. The topological polar surface area (TPSA) is 98.8 Å². The van der Waals surface area contributed by atoms with Crippen molar-refractivity contribution in [1.82, 2.24) is 5.32 Å². The molecule has 1 fully saturated rings. The zero-order chi connectivity index (χ0) is 25.9. The van der Waals surface area contributed by atoms with Crippen molar-refractivity contribution in [3.8, 4) is 0 Å².